The third-order valence-corrected chi connectivity index (χ3v) is 5.01. The van der Waals surface area contributed by atoms with Gasteiger partial charge in [0.25, 0.3) is 0 Å². The number of rotatable bonds is 4. The second-order valence-electron chi connectivity index (χ2n) is 6.46. The molecule has 2 aromatic rings. The van der Waals surface area contributed by atoms with E-state index >= 15 is 0 Å². The molecular formula is C17H24N4. The fourth-order valence-electron chi connectivity index (χ4n) is 3.76. The van der Waals surface area contributed by atoms with Gasteiger partial charge in [-0.2, -0.15) is 0 Å². The van der Waals surface area contributed by atoms with Gasteiger partial charge in [-0.3, -0.25) is 0 Å². The van der Waals surface area contributed by atoms with E-state index in [0.717, 1.165) is 24.1 Å². The maximum atomic E-state index is 4.91. The zero-order valence-electron chi connectivity index (χ0n) is 12.8. The highest BCUT2D eigenvalue weighted by Gasteiger charge is 2.31. The monoisotopic (exact) mass is 284 g/mol. The van der Waals surface area contributed by atoms with Crippen LogP contribution in [0.3, 0.4) is 0 Å². The molecule has 3 heterocycles. The molecule has 0 spiro atoms. The third kappa shape index (κ3) is 2.46. The van der Waals surface area contributed by atoms with Crippen LogP contribution in [0.5, 0.6) is 0 Å². The molecule has 0 N–H and O–H groups in total. The second-order valence-corrected chi connectivity index (χ2v) is 6.46. The molecule has 2 aromatic heterocycles. The van der Waals surface area contributed by atoms with Crippen molar-refractivity contribution in [3.8, 4) is 0 Å². The van der Waals surface area contributed by atoms with Crippen molar-refractivity contribution in [2.24, 2.45) is 0 Å². The van der Waals surface area contributed by atoms with Gasteiger partial charge in [-0.05, 0) is 50.9 Å². The Hall–Kier alpha value is -1.42. The van der Waals surface area contributed by atoms with Gasteiger partial charge in [-0.15, -0.1) is 0 Å². The first-order valence-corrected chi connectivity index (χ1v) is 8.42. The Balaban J connectivity index is 1.67. The first-order valence-electron chi connectivity index (χ1n) is 8.42. The van der Waals surface area contributed by atoms with E-state index in [1.54, 1.807) is 0 Å². The van der Waals surface area contributed by atoms with Gasteiger partial charge in [0.15, 0.2) is 5.65 Å². The molecule has 0 radical (unpaired) electrons. The number of likely N-dealkylation sites (tertiary alicyclic amines) is 1. The number of pyridine rings is 1. The molecule has 21 heavy (non-hydrogen) atoms. The number of piperidine rings is 1. The minimum absolute atomic E-state index is 0.651. The minimum Gasteiger partial charge on any atom is -0.310 e. The van der Waals surface area contributed by atoms with E-state index in [0.29, 0.717) is 12.1 Å². The van der Waals surface area contributed by atoms with Crippen LogP contribution in [-0.4, -0.2) is 38.6 Å². The fraction of sp³-hybridized carbons (Fsp3) is 0.647. The Morgan fingerprint density at radius 1 is 1.24 bits per heavy atom. The summed E-state index contributed by atoms with van der Waals surface area (Å²) in [5.41, 5.74) is 2.16. The molecule has 2 fully saturated rings. The first-order chi connectivity index (χ1) is 10.4. The summed E-state index contributed by atoms with van der Waals surface area (Å²) in [6.07, 6.45) is 9.59. The van der Waals surface area contributed by atoms with Crippen LogP contribution in [0.2, 0.25) is 0 Å². The highest BCUT2D eigenvalue weighted by Crippen LogP contribution is 2.38. The molecule has 0 bridgehead atoms. The smallest absolute Gasteiger partial charge is 0.160 e. The summed E-state index contributed by atoms with van der Waals surface area (Å²) < 4.78 is 2.43. The van der Waals surface area contributed by atoms with Crippen molar-refractivity contribution >= 4 is 11.2 Å². The van der Waals surface area contributed by atoms with Gasteiger partial charge in [0, 0.05) is 24.7 Å². The summed E-state index contributed by atoms with van der Waals surface area (Å²) in [6.45, 7) is 4.69. The van der Waals surface area contributed by atoms with Gasteiger partial charge in [0.2, 0.25) is 0 Å². The second kappa shape index (κ2) is 5.41. The number of likely N-dealkylation sites (N-methyl/N-ethyl adjacent to an activating group) is 1. The molecule has 4 heteroatoms. The van der Waals surface area contributed by atoms with Crippen molar-refractivity contribution in [1.29, 1.82) is 0 Å². The van der Waals surface area contributed by atoms with Crippen LogP contribution in [0.1, 0.15) is 50.9 Å². The summed E-state index contributed by atoms with van der Waals surface area (Å²) in [7, 11) is 0. The lowest BCUT2D eigenvalue weighted by atomic mass is 9.99. The maximum absolute atomic E-state index is 4.91. The summed E-state index contributed by atoms with van der Waals surface area (Å²) in [5.74, 6) is 1.26. The zero-order valence-corrected chi connectivity index (χ0v) is 12.8. The predicted octanol–water partition coefficient (Wildman–Crippen LogP) is 3.18. The van der Waals surface area contributed by atoms with Gasteiger partial charge < -0.3 is 9.47 Å². The molecule has 1 saturated heterocycles. The molecule has 1 saturated carbocycles. The lowest BCUT2D eigenvalue weighted by Crippen LogP contribution is -2.41. The molecule has 1 unspecified atom stereocenters. The number of hydrogen-bond acceptors (Lipinski definition) is 3. The van der Waals surface area contributed by atoms with Crippen LogP contribution < -0.4 is 0 Å². The van der Waals surface area contributed by atoms with Gasteiger partial charge in [-0.25, -0.2) is 9.97 Å². The van der Waals surface area contributed by atoms with Crippen molar-refractivity contribution in [2.75, 3.05) is 13.1 Å². The van der Waals surface area contributed by atoms with E-state index in [1.165, 1.54) is 44.5 Å². The zero-order chi connectivity index (χ0) is 14.2. The van der Waals surface area contributed by atoms with Gasteiger partial charge in [0.05, 0.1) is 0 Å². The largest absolute Gasteiger partial charge is 0.310 e. The van der Waals surface area contributed by atoms with Crippen molar-refractivity contribution in [3.05, 3.63) is 24.2 Å². The molecule has 0 amide bonds. The highest BCUT2D eigenvalue weighted by atomic mass is 15.2. The third-order valence-electron chi connectivity index (χ3n) is 5.01. The molecule has 4 nitrogen and oxygen atoms in total. The van der Waals surface area contributed by atoms with E-state index in [2.05, 4.69) is 27.4 Å². The Labute approximate surface area is 126 Å². The summed E-state index contributed by atoms with van der Waals surface area (Å²) in [6, 6.07) is 5.41. The van der Waals surface area contributed by atoms with E-state index in [9.17, 15) is 0 Å². The SMILES string of the molecule is CCN1CCCCC1Cc1nc2cccnc2n1C1CC1. The molecule has 1 atom stereocenters. The number of aromatic nitrogens is 3. The van der Waals surface area contributed by atoms with E-state index in [4.69, 9.17) is 4.98 Å². The van der Waals surface area contributed by atoms with Gasteiger partial charge in [-0.1, -0.05) is 13.3 Å². The van der Waals surface area contributed by atoms with Crippen molar-refractivity contribution < 1.29 is 0 Å². The molecule has 4 rings (SSSR count). The highest BCUT2D eigenvalue weighted by molar-refractivity contribution is 5.71. The number of nitrogens with zero attached hydrogens (tertiary/aromatic N) is 4. The van der Waals surface area contributed by atoms with E-state index in [1.807, 2.05) is 12.3 Å². The molecule has 1 aliphatic heterocycles. The summed E-state index contributed by atoms with van der Waals surface area (Å²) >= 11 is 0. The fourth-order valence-corrected chi connectivity index (χ4v) is 3.76. The average Bonchev–Trinajstić information content (AvgIpc) is 3.29. The Kier molecular flexibility index (Phi) is 3.42. The van der Waals surface area contributed by atoms with Crippen LogP contribution in [0.25, 0.3) is 11.2 Å². The molecule has 0 aromatic carbocycles. The van der Waals surface area contributed by atoms with E-state index in [-0.39, 0.29) is 0 Å². The summed E-state index contributed by atoms with van der Waals surface area (Å²) in [4.78, 5) is 12.1. The lowest BCUT2D eigenvalue weighted by molar-refractivity contribution is 0.153. The number of fused-ring (bicyclic) bond motifs is 1. The Morgan fingerprint density at radius 3 is 2.95 bits per heavy atom. The molecule has 1 aliphatic carbocycles. The quantitative estimate of drug-likeness (QED) is 0.864. The number of hydrogen-bond donors (Lipinski definition) is 0. The predicted molar refractivity (Wildman–Crippen MR) is 84.4 cm³/mol. The Bertz CT molecular complexity index is 629. The standard InChI is InChI=1S/C17H24N4/c1-2-20-11-4-3-6-14(20)12-16-19-15-7-5-10-18-17(15)21(16)13-8-9-13/h5,7,10,13-14H,2-4,6,8-9,11-12H2,1H3. The topological polar surface area (TPSA) is 34.0 Å². The van der Waals surface area contributed by atoms with Crippen LogP contribution >= 0.6 is 0 Å². The average molecular weight is 284 g/mol. The maximum Gasteiger partial charge on any atom is 0.160 e. The first kappa shape index (κ1) is 13.3. The van der Waals surface area contributed by atoms with Crippen LogP contribution in [0, 0.1) is 0 Å². The minimum atomic E-state index is 0.651. The van der Waals surface area contributed by atoms with Crippen molar-refractivity contribution in [3.63, 3.8) is 0 Å². The van der Waals surface area contributed by atoms with Gasteiger partial charge in [0.1, 0.15) is 11.3 Å². The van der Waals surface area contributed by atoms with Gasteiger partial charge >= 0.3 is 0 Å². The number of imidazole rings is 1. The normalized spacial score (nSPS) is 23.8. The molecule has 112 valence electrons. The van der Waals surface area contributed by atoms with E-state index < -0.39 is 0 Å². The summed E-state index contributed by atoms with van der Waals surface area (Å²) in [5, 5.41) is 0. The van der Waals surface area contributed by atoms with Crippen molar-refractivity contribution in [2.45, 2.75) is 57.5 Å². The lowest BCUT2D eigenvalue weighted by Gasteiger charge is -2.34. The molecule has 2 aliphatic rings. The van der Waals surface area contributed by atoms with Crippen molar-refractivity contribution in [1.82, 2.24) is 19.4 Å². The van der Waals surface area contributed by atoms with Crippen LogP contribution in [0.4, 0.5) is 0 Å². The Morgan fingerprint density at radius 2 is 2.14 bits per heavy atom. The molecular weight excluding hydrogens is 260 g/mol. The van der Waals surface area contributed by atoms with Crippen LogP contribution in [0.15, 0.2) is 18.3 Å². The van der Waals surface area contributed by atoms with Crippen LogP contribution in [-0.2, 0) is 6.42 Å².